The van der Waals surface area contributed by atoms with E-state index in [1.807, 2.05) is 35.8 Å². The minimum absolute atomic E-state index is 0.338. The Balaban J connectivity index is 2.21. The highest BCUT2D eigenvalue weighted by atomic mass is 127. The zero-order valence-electron chi connectivity index (χ0n) is 9.78. The van der Waals surface area contributed by atoms with Gasteiger partial charge in [-0.25, -0.2) is 19.3 Å². The lowest BCUT2D eigenvalue weighted by atomic mass is 10.3. The first-order chi connectivity index (χ1) is 9.06. The van der Waals surface area contributed by atoms with Crippen LogP contribution in [0, 0.1) is 3.57 Å². The van der Waals surface area contributed by atoms with E-state index in [0.717, 1.165) is 13.7 Å². The minimum atomic E-state index is -1.07. The minimum Gasteiger partial charge on any atom is -0.464 e. The van der Waals surface area contributed by atoms with Crippen LogP contribution in [-0.4, -0.2) is 35.5 Å². The molecule has 3 rings (SSSR count). The van der Waals surface area contributed by atoms with Crippen LogP contribution in [0.25, 0.3) is 22.4 Å². The molecule has 3 heterocycles. The average Bonchev–Trinajstić information content (AvgIpc) is 2.94. The molecule has 0 atom stereocenters. The van der Waals surface area contributed by atoms with E-state index in [1.54, 1.807) is 17.1 Å². The van der Waals surface area contributed by atoms with Crippen LogP contribution in [0.3, 0.4) is 0 Å². The van der Waals surface area contributed by atoms with Gasteiger partial charge in [0.25, 0.3) is 0 Å². The smallest absolute Gasteiger partial charge is 0.417 e. The van der Waals surface area contributed by atoms with Crippen molar-refractivity contribution >= 4 is 39.8 Å². The molecule has 0 aliphatic heterocycles. The molecule has 0 aromatic carbocycles. The summed E-state index contributed by atoms with van der Waals surface area (Å²) < 4.78 is 3.49. The van der Waals surface area contributed by atoms with E-state index in [9.17, 15) is 4.79 Å². The molecule has 19 heavy (non-hydrogen) atoms. The van der Waals surface area contributed by atoms with Gasteiger partial charge in [-0.15, -0.1) is 0 Å². The van der Waals surface area contributed by atoms with E-state index in [2.05, 4.69) is 15.1 Å². The van der Waals surface area contributed by atoms with Crippen LogP contribution < -0.4 is 0 Å². The van der Waals surface area contributed by atoms with Crippen LogP contribution in [0.5, 0.6) is 0 Å². The Hall–Kier alpha value is -1.97. The zero-order chi connectivity index (χ0) is 13.6. The standard InChI is InChI=1S/C11H8IN5O2/c1-16-4-6(2-14-16)8-3-13-10-9(15-8)7(12)5-17(10)11(18)19/h2-5H,1H3,(H,18,19). The molecular formula is C11H8IN5O2. The average molecular weight is 369 g/mol. The summed E-state index contributed by atoms with van der Waals surface area (Å²) in [5, 5.41) is 13.1. The maximum atomic E-state index is 11.1. The SMILES string of the molecule is Cn1cc(-c2cnc3c(n2)c(I)cn3C(=O)O)cn1. The number of nitrogens with zero attached hydrogens (tertiary/aromatic N) is 5. The summed E-state index contributed by atoms with van der Waals surface area (Å²) in [6.07, 6.45) is 5.50. The molecule has 3 aromatic heterocycles. The second-order valence-electron chi connectivity index (χ2n) is 3.96. The van der Waals surface area contributed by atoms with Gasteiger partial charge < -0.3 is 5.11 Å². The molecule has 0 fully saturated rings. The van der Waals surface area contributed by atoms with Crippen molar-refractivity contribution in [3.63, 3.8) is 0 Å². The fourth-order valence-corrected chi connectivity index (χ4v) is 2.43. The van der Waals surface area contributed by atoms with Gasteiger partial charge in [-0.2, -0.15) is 5.10 Å². The number of aryl methyl sites for hydroxylation is 1. The van der Waals surface area contributed by atoms with Crippen molar-refractivity contribution in [2.45, 2.75) is 0 Å². The Morgan fingerprint density at radius 3 is 2.79 bits per heavy atom. The predicted octanol–water partition coefficient (Wildman–Crippen LogP) is 1.96. The topological polar surface area (TPSA) is 85.8 Å². The van der Waals surface area contributed by atoms with E-state index >= 15 is 0 Å². The van der Waals surface area contributed by atoms with Crippen molar-refractivity contribution in [3.8, 4) is 11.3 Å². The summed E-state index contributed by atoms with van der Waals surface area (Å²) in [4.78, 5) is 19.7. The van der Waals surface area contributed by atoms with Gasteiger partial charge in [0.15, 0.2) is 5.65 Å². The highest BCUT2D eigenvalue weighted by molar-refractivity contribution is 14.1. The van der Waals surface area contributed by atoms with Crippen LogP contribution >= 0.6 is 22.6 Å². The van der Waals surface area contributed by atoms with Gasteiger partial charge in [-0.3, -0.25) is 4.68 Å². The molecule has 8 heteroatoms. The summed E-state index contributed by atoms with van der Waals surface area (Å²) >= 11 is 2.05. The molecule has 0 radical (unpaired) electrons. The van der Waals surface area contributed by atoms with Gasteiger partial charge in [0.2, 0.25) is 0 Å². The summed E-state index contributed by atoms with van der Waals surface area (Å²) in [5.74, 6) is 0. The van der Waals surface area contributed by atoms with Gasteiger partial charge in [-0.1, -0.05) is 0 Å². The van der Waals surface area contributed by atoms with Crippen LogP contribution in [-0.2, 0) is 7.05 Å². The second-order valence-corrected chi connectivity index (χ2v) is 5.12. The molecule has 3 aromatic rings. The summed E-state index contributed by atoms with van der Waals surface area (Å²) in [5.41, 5.74) is 2.42. The van der Waals surface area contributed by atoms with Gasteiger partial charge in [-0.05, 0) is 22.6 Å². The Morgan fingerprint density at radius 2 is 2.16 bits per heavy atom. The van der Waals surface area contributed by atoms with Crippen LogP contribution in [0.1, 0.15) is 0 Å². The number of carboxylic acid groups (broad SMARTS) is 1. The Morgan fingerprint density at radius 1 is 1.37 bits per heavy atom. The van der Waals surface area contributed by atoms with E-state index < -0.39 is 6.09 Å². The lowest BCUT2D eigenvalue weighted by molar-refractivity contribution is 0.197. The third kappa shape index (κ3) is 1.97. The zero-order valence-corrected chi connectivity index (χ0v) is 11.9. The number of hydrogen-bond acceptors (Lipinski definition) is 4. The fourth-order valence-electron chi connectivity index (χ4n) is 1.79. The molecule has 0 spiro atoms. The summed E-state index contributed by atoms with van der Waals surface area (Å²) in [6, 6.07) is 0. The molecule has 1 N–H and O–H groups in total. The molecule has 96 valence electrons. The molecule has 0 aliphatic rings. The molecule has 0 saturated carbocycles. The van der Waals surface area contributed by atoms with E-state index in [4.69, 9.17) is 5.11 Å². The largest absolute Gasteiger partial charge is 0.464 e. The maximum absolute atomic E-state index is 11.1. The monoisotopic (exact) mass is 369 g/mol. The van der Waals surface area contributed by atoms with Crippen molar-refractivity contribution < 1.29 is 9.90 Å². The third-order valence-corrected chi connectivity index (χ3v) is 3.45. The van der Waals surface area contributed by atoms with Crippen molar-refractivity contribution in [2.24, 2.45) is 7.05 Å². The number of aromatic nitrogens is 5. The third-order valence-electron chi connectivity index (χ3n) is 2.66. The number of carbonyl (C=O) groups is 1. The quantitative estimate of drug-likeness (QED) is 0.663. The fraction of sp³-hybridized carbons (Fsp3) is 0.0909. The first kappa shape index (κ1) is 12.1. The lowest BCUT2D eigenvalue weighted by Crippen LogP contribution is -2.06. The molecule has 0 saturated heterocycles. The van der Waals surface area contributed by atoms with E-state index in [1.165, 1.54) is 6.20 Å². The van der Waals surface area contributed by atoms with Crippen LogP contribution in [0.2, 0.25) is 0 Å². The molecular weight excluding hydrogens is 361 g/mol. The van der Waals surface area contributed by atoms with E-state index in [-0.39, 0.29) is 0 Å². The maximum Gasteiger partial charge on any atom is 0.417 e. The Bertz CT molecular complexity index is 792. The highest BCUT2D eigenvalue weighted by Gasteiger charge is 2.15. The highest BCUT2D eigenvalue weighted by Crippen LogP contribution is 2.23. The Labute approximate surface area is 121 Å². The van der Waals surface area contributed by atoms with E-state index in [0.29, 0.717) is 16.9 Å². The predicted molar refractivity (Wildman–Crippen MR) is 75.9 cm³/mol. The van der Waals surface area contributed by atoms with Gasteiger partial charge in [0.05, 0.1) is 21.7 Å². The molecule has 0 aliphatic carbocycles. The van der Waals surface area contributed by atoms with Crippen molar-refractivity contribution in [1.29, 1.82) is 0 Å². The summed E-state index contributed by atoms with van der Waals surface area (Å²) in [7, 11) is 1.82. The number of hydrogen-bond donors (Lipinski definition) is 1. The molecule has 0 amide bonds. The number of fused-ring (bicyclic) bond motifs is 1. The second kappa shape index (κ2) is 4.30. The van der Waals surface area contributed by atoms with Crippen molar-refractivity contribution in [3.05, 3.63) is 28.4 Å². The van der Waals surface area contributed by atoms with Crippen LogP contribution in [0.4, 0.5) is 4.79 Å². The normalized spacial score (nSPS) is 11.1. The number of halogens is 1. The Kier molecular flexibility index (Phi) is 2.73. The molecule has 0 bridgehead atoms. The van der Waals surface area contributed by atoms with Gasteiger partial charge in [0, 0.05) is 25.0 Å². The van der Waals surface area contributed by atoms with Crippen molar-refractivity contribution in [2.75, 3.05) is 0 Å². The van der Waals surface area contributed by atoms with Gasteiger partial charge >= 0.3 is 6.09 Å². The first-order valence-electron chi connectivity index (χ1n) is 5.32. The number of rotatable bonds is 1. The summed E-state index contributed by atoms with van der Waals surface area (Å²) in [6.45, 7) is 0. The van der Waals surface area contributed by atoms with Gasteiger partial charge in [0.1, 0.15) is 5.52 Å². The molecule has 0 unspecified atom stereocenters. The molecule has 7 nitrogen and oxygen atoms in total. The van der Waals surface area contributed by atoms with Crippen LogP contribution in [0.15, 0.2) is 24.8 Å². The van der Waals surface area contributed by atoms with Crippen molar-refractivity contribution in [1.82, 2.24) is 24.3 Å². The first-order valence-corrected chi connectivity index (χ1v) is 6.40. The lowest BCUT2D eigenvalue weighted by Gasteiger charge is -1.98.